The van der Waals surface area contributed by atoms with Crippen LogP contribution in [0.25, 0.3) is 0 Å². The van der Waals surface area contributed by atoms with Crippen LogP contribution < -0.4 is 5.73 Å². The number of rotatable bonds is 8. The van der Waals surface area contributed by atoms with Gasteiger partial charge in [-0.15, -0.1) is 10.2 Å². The Labute approximate surface area is 108 Å². The molecule has 1 rings (SSSR count). The van der Waals surface area contributed by atoms with E-state index in [0.717, 1.165) is 16.7 Å². The number of aromatic nitrogens is 3. The monoisotopic (exact) mass is 256 g/mol. The predicted octanol–water partition coefficient (Wildman–Crippen LogP) is 2.99. The highest BCUT2D eigenvalue weighted by molar-refractivity contribution is 7.99. The van der Waals surface area contributed by atoms with Gasteiger partial charge in [-0.25, -0.2) is 0 Å². The van der Waals surface area contributed by atoms with Crippen molar-refractivity contribution in [3.8, 4) is 0 Å². The SMILES string of the molecule is CCCCCCSc1nnc(CN)n1C(C)C. The van der Waals surface area contributed by atoms with E-state index in [1.165, 1.54) is 25.7 Å². The molecule has 0 aliphatic heterocycles. The van der Waals surface area contributed by atoms with E-state index in [2.05, 4.69) is 35.5 Å². The Morgan fingerprint density at radius 1 is 1.24 bits per heavy atom. The molecule has 0 unspecified atom stereocenters. The molecule has 0 aromatic carbocycles. The molecule has 98 valence electrons. The van der Waals surface area contributed by atoms with Gasteiger partial charge < -0.3 is 10.3 Å². The summed E-state index contributed by atoms with van der Waals surface area (Å²) in [5.41, 5.74) is 5.66. The highest BCUT2D eigenvalue weighted by atomic mass is 32.2. The van der Waals surface area contributed by atoms with E-state index in [1.807, 2.05) is 0 Å². The van der Waals surface area contributed by atoms with Crippen LogP contribution in [0.4, 0.5) is 0 Å². The number of nitrogens with two attached hydrogens (primary N) is 1. The van der Waals surface area contributed by atoms with Crippen molar-refractivity contribution < 1.29 is 0 Å². The van der Waals surface area contributed by atoms with Crippen LogP contribution in [0.1, 0.15) is 58.3 Å². The molecule has 1 heterocycles. The van der Waals surface area contributed by atoms with E-state index in [-0.39, 0.29) is 0 Å². The molecular formula is C12H24N4S. The van der Waals surface area contributed by atoms with E-state index in [0.29, 0.717) is 12.6 Å². The maximum atomic E-state index is 5.66. The first-order chi connectivity index (χ1) is 8.20. The predicted molar refractivity (Wildman–Crippen MR) is 73.2 cm³/mol. The van der Waals surface area contributed by atoms with E-state index in [1.54, 1.807) is 11.8 Å². The Balaban J connectivity index is 2.50. The van der Waals surface area contributed by atoms with Crippen LogP contribution in [0.2, 0.25) is 0 Å². The number of nitrogens with zero attached hydrogens (tertiary/aromatic N) is 3. The third-order valence-electron chi connectivity index (χ3n) is 2.66. The molecule has 0 aliphatic rings. The Hall–Kier alpha value is -0.550. The topological polar surface area (TPSA) is 56.7 Å². The lowest BCUT2D eigenvalue weighted by atomic mass is 10.2. The molecule has 4 nitrogen and oxygen atoms in total. The van der Waals surface area contributed by atoms with Crippen LogP contribution in [-0.4, -0.2) is 20.5 Å². The fourth-order valence-electron chi connectivity index (χ4n) is 1.76. The Morgan fingerprint density at radius 2 is 2.00 bits per heavy atom. The number of thioether (sulfide) groups is 1. The second-order valence-corrected chi connectivity index (χ2v) is 5.54. The van der Waals surface area contributed by atoms with Gasteiger partial charge in [-0.2, -0.15) is 0 Å². The fraction of sp³-hybridized carbons (Fsp3) is 0.833. The highest BCUT2D eigenvalue weighted by Crippen LogP contribution is 2.22. The van der Waals surface area contributed by atoms with Crippen LogP contribution in [0.15, 0.2) is 5.16 Å². The molecular weight excluding hydrogens is 232 g/mol. The second kappa shape index (κ2) is 7.71. The maximum Gasteiger partial charge on any atom is 0.191 e. The van der Waals surface area contributed by atoms with Crippen molar-refractivity contribution in [3.05, 3.63) is 5.82 Å². The van der Waals surface area contributed by atoms with Gasteiger partial charge >= 0.3 is 0 Å². The lowest BCUT2D eigenvalue weighted by Gasteiger charge is -2.12. The number of hydrogen-bond acceptors (Lipinski definition) is 4. The Bertz CT molecular complexity index is 322. The lowest BCUT2D eigenvalue weighted by Crippen LogP contribution is -2.11. The smallest absolute Gasteiger partial charge is 0.191 e. The van der Waals surface area contributed by atoms with Crippen molar-refractivity contribution in [1.82, 2.24) is 14.8 Å². The molecule has 0 saturated carbocycles. The molecule has 1 aromatic heterocycles. The maximum absolute atomic E-state index is 5.66. The van der Waals surface area contributed by atoms with Crippen molar-refractivity contribution in [1.29, 1.82) is 0 Å². The molecule has 2 N–H and O–H groups in total. The molecule has 0 atom stereocenters. The van der Waals surface area contributed by atoms with Crippen LogP contribution >= 0.6 is 11.8 Å². The van der Waals surface area contributed by atoms with Crippen LogP contribution in [0.3, 0.4) is 0 Å². The minimum absolute atomic E-state index is 0.377. The Kier molecular flexibility index (Phi) is 6.58. The summed E-state index contributed by atoms with van der Waals surface area (Å²) in [4.78, 5) is 0. The van der Waals surface area contributed by atoms with Gasteiger partial charge in [0.05, 0.1) is 6.54 Å². The van der Waals surface area contributed by atoms with Crippen molar-refractivity contribution in [3.63, 3.8) is 0 Å². The van der Waals surface area contributed by atoms with Crippen molar-refractivity contribution >= 4 is 11.8 Å². The average molecular weight is 256 g/mol. The van der Waals surface area contributed by atoms with Crippen LogP contribution in [0.5, 0.6) is 0 Å². The summed E-state index contributed by atoms with van der Waals surface area (Å²) in [6.07, 6.45) is 5.17. The molecule has 0 fully saturated rings. The van der Waals surface area contributed by atoms with Crippen LogP contribution in [0, 0.1) is 0 Å². The highest BCUT2D eigenvalue weighted by Gasteiger charge is 2.13. The van der Waals surface area contributed by atoms with Gasteiger partial charge in [0.1, 0.15) is 5.82 Å². The molecule has 0 aliphatic carbocycles. The van der Waals surface area contributed by atoms with Gasteiger partial charge in [-0.05, 0) is 20.3 Å². The summed E-state index contributed by atoms with van der Waals surface area (Å²) in [7, 11) is 0. The molecule has 0 bridgehead atoms. The van der Waals surface area contributed by atoms with Gasteiger partial charge in [0.2, 0.25) is 0 Å². The van der Waals surface area contributed by atoms with E-state index < -0.39 is 0 Å². The summed E-state index contributed by atoms with van der Waals surface area (Å²) in [6.45, 7) is 6.98. The molecule has 0 spiro atoms. The molecule has 17 heavy (non-hydrogen) atoms. The second-order valence-electron chi connectivity index (χ2n) is 4.48. The number of hydrogen-bond donors (Lipinski definition) is 1. The standard InChI is InChI=1S/C12H24N4S/c1-4-5-6-7-8-17-12-15-14-11(9-13)16(12)10(2)3/h10H,4-9,13H2,1-3H3. The molecule has 0 radical (unpaired) electrons. The van der Waals surface area contributed by atoms with Crippen molar-refractivity contribution in [2.24, 2.45) is 5.73 Å². The summed E-state index contributed by atoms with van der Waals surface area (Å²) in [5.74, 6) is 2.01. The minimum Gasteiger partial charge on any atom is -0.324 e. The van der Waals surface area contributed by atoms with E-state index >= 15 is 0 Å². The van der Waals surface area contributed by atoms with E-state index in [9.17, 15) is 0 Å². The first-order valence-electron chi connectivity index (χ1n) is 6.47. The van der Waals surface area contributed by atoms with Gasteiger partial charge in [0, 0.05) is 11.8 Å². The largest absolute Gasteiger partial charge is 0.324 e. The molecule has 1 aromatic rings. The van der Waals surface area contributed by atoms with E-state index in [4.69, 9.17) is 5.73 Å². The van der Waals surface area contributed by atoms with Gasteiger partial charge in [-0.3, -0.25) is 0 Å². The Morgan fingerprint density at radius 3 is 2.59 bits per heavy atom. The first kappa shape index (κ1) is 14.5. The van der Waals surface area contributed by atoms with Crippen LogP contribution in [-0.2, 0) is 6.54 Å². The summed E-state index contributed by atoms with van der Waals surface area (Å²) < 4.78 is 2.14. The minimum atomic E-state index is 0.377. The lowest BCUT2D eigenvalue weighted by molar-refractivity contribution is 0.526. The summed E-state index contributed by atoms with van der Waals surface area (Å²) in [5, 5.41) is 9.37. The van der Waals surface area contributed by atoms with Gasteiger partial charge in [0.15, 0.2) is 5.16 Å². The normalized spacial score (nSPS) is 11.4. The van der Waals surface area contributed by atoms with Gasteiger partial charge in [-0.1, -0.05) is 37.9 Å². The summed E-state index contributed by atoms with van der Waals surface area (Å²) >= 11 is 1.80. The van der Waals surface area contributed by atoms with Crippen molar-refractivity contribution in [2.75, 3.05) is 5.75 Å². The first-order valence-corrected chi connectivity index (χ1v) is 7.45. The number of unbranched alkanes of at least 4 members (excludes halogenated alkanes) is 3. The fourth-order valence-corrected chi connectivity index (χ4v) is 2.84. The average Bonchev–Trinajstić information content (AvgIpc) is 2.72. The third kappa shape index (κ3) is 4.32. The molecule has 0 saturated heterocycles. The molecule has 5 heteroatoms. The molecule has 0 amide bonds. The summed E-state index contributed by atoms with van der Waals surface area (Å²) in [6, 6.07) is 0.377. The third-order valence-corrected chi connectivity index (χ3v) is 3.69. The zero-order valence-electron chi connectivity index (χ0n) is 11.1. The zero-order chi connectivity index (χ0) is 12.7. The van der Waals surface area contributed by atoms with Gasteiger partial charge in [0.25, 0.3) is 0 Å². The van der Waals surface area contributed by atoms with Crippen molar-refractivity contribution in [2.45, 2.75) is 64.2 Å². The zero-order valence-corrected chi connectivity index (χ0v) is 12.0. The quantitative estimate of drug-likeness (QED) is 0.574.